The molecule has 2 N–H and O–H groups in total. The van der Waals surface area contributed by atoms with Crippen molar-refractivity contribution >= 4 is 27.3 Å². The van der Waals surface area contributed by atoms with Gasteiger partial charge in [0.2, 0.25) is 11.7 Å². The van der Waals surface area contributed by atoms with Gasteiger partial charge in [-0.3, -0.25) is 9.52 Å². The minimum absolute atomic E-state index is 0.0913. The highest BCUT2D eigenvalue weighted by atomic mass is 32.2. The molecule has 0 atom stereocenters. The van der Waals surface area contributed by atoms with Crippen LogP contribution in [0.5, 0.6) is 0 Å². The van der Waals surface area contributed by atoms with E-state index < -0.39 is 10.0 Å². The summed E-state index contributed by atoms with van der Waals surface area (Å²) in [7, 11) is -3.77. The number of benzene rings is 3. The lowest BCUT2D eigenvalue weighted by Gasteiger charge is -2.13. The highest BCUT2D eigenvalue weighted by molar-refractivity contribution is 7.92. The van der Waals surface area contributed by atoms with Gasteiger partial charge in [-0.1, -0.05) is 48.5 Å². The zero-order valence-electron chi connectivity index (χ0n) is 18.1. The van der Waals surface area contributed by atoms with E-state index in [1.165, 1.54) is 29.1 Å². The van der Waals surface area contributed by atoms with Crippen LogP contribution in [0.4, 0.5) is 11.4 Å². The molecule has 1 aromatic heterocycles. The molecular formula is C23H22N6O3S. The standard InChI is InChI=1S/C23H22N6O3S/c1-16-7-6-8-17(2)22(16)27-33(31,32)20-13-11-19(12-14-20)24-21(30)15-29-26-23(25-28-29)18-9-4-3-5-10-18/h3-14,27H,15H2,1-2H3,(H,24,30). The Balaban J connectivity index is 1.40. The van der Waals surface area contributed by atoms with Crippen LogP contribution in [0.25, 0.3) is 11.4 Å². The van der Waals surface area contributed by atoms with Gasteiger partial charge in [0.25, 0.3) is 10.0 Å². The van der Waals surface area contributed by atoms with Gasteiger partial charge in [0.05, 0.1) is 10.6 Å². The summed E-state index contributed by atoms with van der Waals surface area (Å²) in [6, 6.07) is 20.8. The third kappa shape index (κ3) is 5.24. The molecule has 0 saturated carbocycles. The Kier molecular flexibility index (Phi) is 6.18. The molecule has 9 nitrogen and oxygen atoms in total. The van der Waals surface area contributed by atoms with Crippen molar-refractivity contribution in [2.45, 2.75) is 25.3 Å². The minimum atomic E-state index is -3.77. The summed E-state index contributed by atoms with van der Waals surface area (Å²) in [6.45, 7) is 3.56. The Morgan fingerprint density at radius 3 is 2.24 bits per heavy atom. The van der Waals surface area contributed by atoms with Crippen LogP contribution < -0.4 is 10.0 Å². The first-order chi connectivity index (χ1) is 15.8. The maximum absolute atomic E-state index is 12.8. The van der Waals surface area contributed by atoms with Gasteiger partial charge in [0.1, 0.15) is 6.54 Å². The predicted molar refractivity (Wildman–Crippen MR) is 125 cm³/mol. The third-order valence-corrected chi connectivity index (χ3v) is 6.30. The first-order valence-corrected chi connectivity index (χ1v) is 11.6. The van der Waals surface area contributed by atoms with Crippen molar-refractivity contribution < 1.29 is 13.2 Å². The van der Waals surface area contributed by atoms with E-state index in [-0.39, 0.29) is 17.3 Å². The molecule has 0 radical (unpaired) electrons. The molecule has 0 aliphatic carbocycles. The molecule has 0 aliphatic heterocycles. The van der Waals surface area contributed by atoms with Crippen LogP contribution in [-0.2, 0) is 21.4 Å². The summed E-state index contributed by atoms with van der Waals surface area (Å²) in [5.74, 6) is 0.0608. The van der Waals surface area contributed by atoms with Crippen LogP contribution in [0.1, 0.15) is 11.1 Å². The Morgan fingerprint density at radius 1 is 0.909 bits per heavy atom. The number of rotatable bonds is 7. The highest BCUT2D eigenvalue weighted by Gasteiger charge is 2.17. The van der Waals surface area contributed by atoms with Gasteiger partial charge < -0.3 is 5.32 Å². The molecule has 0 spiro atoms. The van der Waals surface area contributed by atoms with E-state index in [4.69, 9.17) is 0 Å². The van der Waals surface area contributed by atoms with Gasteiger partial charge in [-0.15, -0.1) is 10.2 Å². The number of amides is 1. The number of tetrazole rings is 1. The topological polar surface area (TPSA) is 119 Å². The normalized spacial score (nSPS) is 11.2. The first-order valence-electron chi connectivity index (χ1n) is 10.1. The molecule has 10 heteroatoms. The molecule has 4 aromatic rings. The van der Waals surface area contributed by atoms with Crippen molar-refractivity contribution in [3.05, 3.63) is 83.9 Å². The van der Waals surface area contributed by atoms with Crippen molar-refractivity contribution in [3.8, 4) is 11.4 Å². The Morgan fingerprint density at radius 2 is 1.58 bits per heavy atom. The fourth-order valence-corrected chi connectivity index (χ4v) is 4.43. The van der Waals surface area contributed by atoms with Gasteiger partial charge >= 0.3 is 0 Å². The number of hydrogen-bond donors (Lipinski definition) is 2. The molecule has 1 heterocycles. The van der Waals surface area contributed by atoms with Crippen molar-refractivity contribution in [1.29, 1.82) is 0 Å². The number of hydrogen-bond acceptors (Lipinski definition) is 6. The number of nitrogens with zero attached hydrogens (tertiary/aromatic N) is 4. The SMILES string of the molecule is Cc1cccc(C)c1NS(=O)(=O)c1ccc(NC(=O)Cn2nnc(-c3ccccc3)n2)cc1. The van der Waals surface area contributed by atoms with Crippen LogP contribution >= 0.6 is 0 Å². The number of nitrogens with one attached hydrogen (secondary N) is 2. The van der Waals surface area contributed by atoms with Gasteiger partial charge in [0.15, 0.2) is 0 Å². The second-order valence-corrected chi connectivity index (χ2v) is 9.14. The second-order valence-electron chi connectivity index (χ2n) is 7.45. The lowest BCUT2D eigenvalue weighted by molar-refractivity contribution is -0.117. The average molecular weight is 463 g/mol. The number of carbonyl (C=O) groups is 1. The van der Waals surface area contributed by atoms with Crippen molar-refractivity contribution in [1.82, 2.24) is 20.2 Å². The summed E-state index contributed by atoms with van der Waals surface area (Å²) in [5.41, 5.74) is 3.48. The highest BCUT2D eigenvalue weighted by Crippen LogP contribution is 2.24. The summed E-state index contributed by atoms with van der Waals surface area (Å²) in [4.78, 5) is 13.6. The predicted octanol–water partition coefficient (Wildman–Crippen LogP) is 3.40. The van der Waals surface area contributed by atoms with Crippen LogP contribution in [0.15, 0.2) is 77.7 Å². The number of anilines is 2. The van der Waals surface area contributed by atoms with E-state index >= 15 is 0 Å². The maximum atomic E-state index is 12.8. The van der Waals surface area contributed by atoms with E-state index in [1.807, 2.05) is 62.4 Å². The van der Waals surface area contributed by atoms with E-state index in [9.17, 15) is 13.2 Å². The number of aryl methyl sites for hydroxylation is 2. The number of para-hydroxylation sites is 1. The molecule has 0 aliphatic rings. The lowest BCUT2D eigenvalue weighted by atomic mass is 10.1. The van der Waals surface area contributed by atoms with E-state index in [2.05, 4.69) is 25.4 Å². The maximum Gasteiger partial charge on any atom is 0.261 e. The fraction of sp³-hybridized carbons (Fsp3) is 0.130. The van der Waals surface area contributed by atoms with Crippen molar-refractivity contribution in [2.75, 3.05) is 10.0 Å². The molecule has 33 heavy (non-hydrogen) atoms. The zero-order valence-corrected chi connectivity index (χ0v) is 18.9. The van der Waals surface area contributed by atoms with Gasteiger partial charge in [-0.25, -0.2) is 8.42 Å². The Bertz CT molecular complexity index is 1360. The molecule has 168 valence electrons. The molecule has 0 unspecified atom stereocenters. The Hall–Kier alpha value is -4.05. The number of sulfonamides is 1. The molecule has 3 aromatic carbocycles. The van der Waals surface area contributed by atoms with Gasteiger partial charge in [-0.2, -0.15) is 4.80 Å². The zero-order chi connectivity index (χ0) is 23.4. The fourth-order valence-electron chi connectivity index (χ4n) is 3.23. The molecule has 1 amide bonds. The summed E-state index contributed by atoms with van der Waals surface area (Å²) >= 11 is 0. The van der Waals surface area contributed by atoms with Crippen LogP contribution in [0.2, 0.25) is 0 Å². The molecule has 0 bridgehead atoms. The quantitative estimate of drug-likeness (QED) is 0.435. The summed E-state index contributed by atoms with van der Waals surface area (Å²) in [5, 5.41) is 14.8. The molecule has 0 saturated heterocycles. The summed E-state index contributed by atoms with van der Waals surface area (Å²) in [6.07, 6.45) is 0. The third-order valence-electron chi connectivity index (χ3n) is 4.94. The Labute approximate surface area is 191 Å². The van der Waals surface area contributed by atoms with Crippen LogP contribution in [0, 0.1) is 13.8 Å². The molecule has 4 rings (SSSR count). The average Bonchev–Trinajstić information content (AvgIpc) is 3.26. The second kappa shape index (κ2) is 9.21. The lowest BCUT2D eigenvalue weighted by Crippen LogP contribution is -2.20. The van der Waals surface area contributed by atoms with E-state index in [1.54, 1.807) is 0 Å². The smallest absolute Gasteiger partial charge is 0.261 e. The van der Waals surface area contributed by atoms with Crippen LogP contribution in [-0.4, -0.2) is 34.5 Å². The largest absolute Gasteiger partial charge is 0.324 e. The van der Waals surface area contributed by atoms with Gasteiger partial charge in [0, 0.05) is 11.3 Å². The van der Waals surface area contributed by atoms with Crippen molar-refractivity contribution in [2.24, 2.45) is 0 Å². The summed E-state index contributed by atoms with van der Waals surface area (Å²) < 4.78 is 28.2. The first kappa shape index (κ1) is 22.2. The number of aromatic nitrogens is 4. The van der Waals surface area contributed by atoms with E-state index in [0.29, 0.717) is 17.2 Å². The van der Waals surface area contributed by atoms with Crippen LogP contribution in [0.3, 0.4) is 0 Å². The number of carbonyl (C=O) groups excluding carboxylic acids is 1. The van der Waals surface area contributed by atoms with E-state index in [0.717, 1.165) is 16.7 Å². The monoisotopic (exact) mass is 462 g/mol. The molecular weight excluding hydrogens is 440 g/mol. The van der Waals surface area contributed by atoms with Gasteiger partial charge in [-0.05, 0) is 54.5 Å². The van der Waals surface area contributed by atoms with Crippen molar-refractivity contribution in [3.63, 3.8) is 0 Å². The minimum Gasteiger partial charge on any atom is -0.324 e. The molecule has 0 fully saturated rings.